The van der Waals surface area contributed by atoms with Crippen molar-refractivity contribution in [2.75, 3.05) is 0 Å². The van der Waals surface area contributed by atoms with Crippen LogP contribution in [0, 0.1) is 11.3 Å². The Bertz CT molecular complexity index is 732. The Morgan fingerprint density at radius 3 is 2.95 bits per heavy atom. The van der Waals surface area contributed by atoms with E-state index < -0.39 is 0 Å². The maximum Gasteiger partial charge on any atom is 0.124 e. The molecule has 3 rings (SSSR count). The van der Waals surface area contributed by atoms with Gasteiger partial charge < -0.3 is 10.3 Å². The Hall–Kier alpha value is -2.16. The topological polar surface area (TPSA) is 64.5 Å². The summed E-state index contributed by atoms with van der Waals surface area (Å²) in [5.41, 5.74) is 2.04. The lowest BCUT2D eigenvalue weighted by Gasteiger charge is -2.09. The van der Waals surface area contributed by atoms with Crippen molar-refractivity contribution in [2.45, 2.75) is 19.5 Å². The van der Waals surface area contributed by atoms with Gasteiger partial charge in [-0.3, -0.25) is 0 Å². The molecule has 0 saturated heterocycles. The number of aromatic amines is 1. The number of hydrogen-bond donors (Lipinski definition) is 2. The molecule has 2 aromatic heterocycles. The van der Waals surface area contributed by atoms with Crippen molar-refractivity contribution in [3.05, 3.63) is 52.0 Å². The van der Waals surface area contributed by atoms with Gasteiger partial charge >= 0.3 is 0 Å². The van der Waals surface area contributed by atoms with Crippen LogP contribution in [-0.4, -0.2) is 9.97 Å². The summed E-state index contributed by atoms with van der Waals surface area (Å²) in [6, 6.07) is 14.1. The summed E-state index contributed by atoms with van der Waals surface area (Å²) >= 11 is 1.52. The third kappa shape index (κ3) is 2.57. The predicted molar refractivity (Wildman–Crippen MR) is 80.4 cm³/mol. The van der Waals surface area contributed by atoms with Gasteiger partial charge in [0, 0.05) is 11.4 Å². The number of nitrogens with one attached hydrogen (secondary N) is 2. The molecule has 0 saturated carbocycles. The second-order valence-corrected chi connectivity index (χ2v) is 5.79. The number of rotatable bonds is 4. The lowest BCUT2D eigenvalue weighted by molar-refractivity contribution is 0.556. The molecular formula is C15H14N4S. The number of benzene rings is 1. The maximum atomic E-state index is 8.81. The van der Waals surface area contributed by atoms with Gasteiger partial charge in [-0.1, -0.05) is 12.1 Å². The number of nitriles is 1. The Balaban J connectivity index is 1.69. The minimum atomic E-state index is 0.134. The van der Waals surface area contributed by atoms with Crippen LogP contribution in [0.5, 0.6) is 0 Å². The molecule has 0 fully saturated rings. The first-order valence-electron chi connectivity index (χ1n) is 6.43. The van der Waals surface area contributed by atoms with Gasteiger partial charge in [-0.2, -0.15) is 5.26 Å². The van der Waals surface area contributed by atoms with E-state index in [2.05, 4.69) is 28.3 Å². The minimum Gasteiger partial charge on any atom is -0.341 e. The molecule has 1 unspecified atom stereocenters. The predicted octanol–water partition coefficient (Wildman–Crippen LogP) is 3.35. The van der Waals surface area contributed by atoms with E-state index in [0.717, 1.165) is 33.2 Å². The average Bonchev–Trinajstić information content (AvgIpc) is 3.10. The van der Waals surface area contributed by atoms with Gasteiger partial charge in [0.15, 0.2) is 0 Å². The van der Waals surface area contributed by atoms with Crippen LogP contribution in [0.3, 0.4) is 0 Å². The van der Waals surface area contributed by atoms with E-state index in [9.17, 15) is 0 Å². The largest absolute Gasteiger partial charge is 0.341 e. The summed E-state index contributed by atoms with van der Waals surface area (Å²) in [6.45, 7) is 2.82. The van der Waals surface area contributed by atoms with Crippen molar-refractivity contribution in [2.24, 2.45) is 0 Å². The Labute approximate surface area is 121 Å². The van der Waals surface area contributed by atoms with E-state index in [1.54, 1.807) is 0 Å². The molecule has 100 valence electrons. The molecule has 0 aliphatic carbocycles. The number of thiophene rings is 1. The molecule has 1 aromatic carbocycles. The van der Waals surface area contributed by atoms with Crippen molar-refractivity contribution in [3.63, 3.8) is 0 Å². The van der Waals surface area contributed by atoms with Crippen LogP contribution >= 0.6 is 11.3 Å². The zero-order chi connectivity index (χ0) is 13.9. The second-order valence-electron chi connectivity index (χ2n) is 4.62. The lowest BCUT2D eigenvalue weighted by atomic mass is 10.3. The molecule has 4 nitrogen and oxygen atoms in total. The normalized spacial score (nSPS) is 12.4. The van der Waals surface area contributed by atoms with Gasteiger partial charge in [-0.05, 0) is 31.2 Å². The molecule has 1 atom stereocenters. The average molecular weight is 282 g/mol. The van der Waals surface area contributed by atoms with E-state index in [0.29, 0.717) is 0 Å². The number of H-pyrrole nitrogens is 1. The SMILES string of the molecule is CC(NCc1ccc(C#N)s1)c1nc2ccccc2[nH]1. The molecule has 5 heteroatoms. The molecule has 2 N–H and O–H groups in total. The monoisotopic (exact) mass is 282 g/mol. The van der Waals surface area contributed by atoms with Crippen molar-refractivity contribution < 1.29 is 0 Å². The molecular weight excluding hydrogens is 268 g/mol. The fourth-order valence-corrected chi connectivity index (χ4v) is 2.82. The molecule has 0 radical (unpaired) electrons. The molecule has 0 spiro atoms. The first-order valence-corrected chi connectivity index (χ1v) is 7.25. The highest BCUT2D eigenvalue weighted by Gasteiger charge is 2.10. The Morgan fingerprint density at radius 1 is 1.35 bits per heavy atom. The third-order valence-corrected chi connectivity index (χ3v) is 4.16. The second kappa shape index (κ2) is 5.45. The summed E-state index contributed by atoms with van der Waals surface area (Å²) in [5.74, 6) is 0.934. The van der Waals surface area contributed by atoms with Crippen LogP contribution in [0.1, 0.15) is 28.5 Å². The summed E-state index contributed by atoms with van der Waals surface area (Å²) in [4.78, 5) is 9.81. The minimum absolute atomic E-state index is 0.134. The van der Waals surface area contributed by atoms with E-state index in [4.69, 9.17) is 5.26 Å². The fourth-order valence-electron chi connectivity index (χ4n) is 2.06. The fraction of sp³-hybridized carbons (Fsp3) is 0.200. The molecule has 0 bridgehead atoms. The highest BCUT2D eigenvalue weighted by molar-refractivity contribution is 7.12. The number of para-hydroxylation sites is 2. The van der Waals surface area contributed by atoms with Crippen molar-refractivity contribution in [3.8, 4) is 6.07 Å². The number of nitrogens with zero attached hydrogens (tertiary/aromatic N) is 2. The maximum absolute atomic E-state index is 8.81. The quantitative estimate of drug-likeness (QED) is 0.771. The third-order valence-electron chi connectivity index (χ3n) is 3.17. The van der Waals surface area contributed by atoms with Crippen LogP contribution in [0.15, 0.2) is 36.4 Å². The first-order chi connectivity index (χ1) is 9.76. The smallest absolute Gasteiger partial charge is 0.124 e. The molecule has 0 aliphatic rings. The van der Waals surface area contributed by atoms with E-state index >= 15 is 0 Å². The van der Waals surface area contributed by atoms with Crippen LogP contribution in [0.25, 0.3) is 11.0 Å². The van der Waals surface area contributed by atoms with Crippen LogP contribution < -0.4 is 5.32 Å². The first kappa shape index (κ1) is 12.9. The van der Waals surface area contributed by atoms with Gasteiger partial charge in [0.05, 0.1) is 17.1 Å². The highest BCUT2D eigenvalue weighted by Crippen LogP contribution is 2.18. The van der Waals surface area contributed by atoms with Crippen molar-refractivity contribution >= 4 is 22.4 Å². The van der Waals surface area contributed by atoms with E-state index in [1.165, 1.54) is 11.3 Å². The summed E-state index contributed by atoms with van der Waals surface area (Å²) in [7, 11) is 0. The van der Waals surface area contributed by atoms with Crippen molar-refractivity contribution in [1.29, 1.82) is 5.26 Å². The van der Waals surface area contributed by atoms with Crippen molar-refractivity contribution in [1.82, 2.24) is 15.3 Å². The van der Waals surface area contributed by atoms with Gasteiger partial charge in [0.1, 0.15) is 16.8 Å². The zero-order valence-electron chi connectivity index (χ0n) is 11.1. The van der Waals surface area contributed by atoms with E-state index in [1.807, 2.05) is 36.4 Å². The van der Waals surface area contributed by atoms with Crippen LogP contribution in [-0.2, 0) is 6.54 Å². The molecule has 0 amide bonds. The number of hydrogen-bond acceptors (Lipinski definition) is 4. The molecule has 20 heavy (non-hydrogen) atoms. The van der Waals surface area contributed by atoms with Crippen LogP contribution in [0.4, 0.5) is 0 Å². The highest BCUT2D eigenvalue weighted by atomic mass is 32.1. The summed E-state index contributed by atoms with van der Waals surface area (Å²) in [6.07, 6.45) is 0. The Kier molecular flexibility index (Phi) is 3.50. The van der Waals surface area contributed by atoms with Gasteiger partial charge in [-0.15, -0.1) is 11.3 Å². The Morgan fingerprint density at radius 2 is 2.20 bits per heavy atom. The van der Waals surface area contributed by atoms with Gasteiger partial charge in [0.2, 0.25) is 0 Å². The number of fused-ring (bicyclic) bond motifs is 1. The molecule has 2 heterocycles. The van der Waals surface area contributed by atoms with Crippen LogP contribution in [0.2, 0.25) is 0 Å². The number of aromatic nitrogens is 2. The van der Waals surface area contributed by atoms with Gasteiger partial charge in [0.25, 0.3) is 0 Å². The lowest BCUT2D eigenvalue weighted by Crippen LogP contribution is -2.18. The molecule has 3 aromatic rings. The standard InChI is InChI=1S/C15H14N4S/c1-10(17-9-12-7-6-11(8-16)20-12)15-18-13-4-2-3-5-14(13)19-15/h2-7,10,17H,9H2,1H3,(H,18,19). The van der Waals surface area contributed by atoms with E-state index in [-0.39, 0.29) is 6.04 Å². The number of imidazole rings is 1. The molecule has 0 aliphatic heterocycles. The van der Waals surface area contributed by atoms with Gasteiger partial charge in [-0.25, -0.2) is 4.98 Å². The summed E-state index contributed by atoms with van der Waals surface area (Å²) in [5, 5.41) is 12.2. The zero-order valence-corrected chi connectivity index (χ0v) is 11.9. The summed E-state index contributed by atoms with van der Waals surface area (Å²) < 4.78 is 0.